The van der Waals surface area contributed by atoms with Crippen molar-refractivity contribution in [2.75, 3.05) is 32.8 Å². The molecule has 1 aliphatic rings. The molecule has 3 aromatic rings. The summed E-state index contributed by atoms with van der Waals surface area (Å²) in [4.78, 5) is 30.1. The average Bonchev–Trinajstić information content (AvgIpc) is 2.80. The molecule has 0 spiro atoms. The van der Waals surface area contributed by atoms with E-state index in [0.717, 1.165) is 16.8 Å². The van der Waals surface area contributed by atoms with E-state index in [1.807, 2.05) is 76.2 Å². The van der Waals surface area contributed by atoms with Gasteiger partial charge < -0.3 is 14.4 Å². The molecular formula is C27H33N3O4. The number of aromatic nitrogens is 1. The smallest absolute Gasteiger partial charge is 0.410 e. The maximum Gasteiger partial charge on any atom is 0.410 e. The number of piperazine rings is 1. The van der Waals surface area contributed by atoms with Crippen LogP contribution in [-0.4, -0.2) is 58.8 Å². The number of rotatable bonds is 5. The van der Waals surface area contributed by atoms with Gasteiger partial charge in [0.15, 0.2) is 0 Å². The zero-order valence-corrected chi connectivity index (χ0v) is 20.4. The second-order valence-corrected chi connectivity index (χ2v) is 9.51. The van der Waals surface area contributed by atoms with Gasteiger partial charge in [0.1, 0.15) is 11.4 Å². The molecular weight excluding hydrogens is 430 g/mol. The molecule has 1 fully saturated rings. The van der Waals surface area contributed by atoms with E-state index in [-0.39, 0.29) is 11.7 Å². The molecule has 7 heteroatoms. The first-order chi connectivity index (χ1) is 16.3. The zero-order valence-electron chi connectivity index (χ0n) is 20.4. The van der Waals surface area contributed by atoms with Crippen molar-refractivity contribution in [1.82, 2.24) is 14.4 Å². The van der Waals surface area contributed by atoms with Gasteiger partial charge in [0.2, 0.25) is 0 Å². The molecule has 4 rings (SSSR count). The highest BCUT2D eigenvalue weighted by Gasteiger charge is 2.26. The minimum atomic E-state index is -0.511. The summed E-state index contributed by atoms with van der Waals surface area (Å²) in [6.45, 7) is 11.2. The molecule has 7 nitrogen and oxygen atoms in total. The maximum atomic E-state index is 13.6. The van der Waals surface area contributed by atoms with Crippen LogP contribution in [0.3, 0.4) is 0 Å². The Labute approximate surface area is 200 Å². The van der Waals surface area contributed by atoms with Crippen molar-refractivity contribution in [1.29, 1.82) is 0 Å². The Bertz CT molecular complexity index is 1220. The predicted octanol–water partition coefficient (Wildman–Crippen LogP) is 4.44. The fraction of sp³-hybridized carbons (Fsp3) is 0.407. The van der Waals surface area contributed by atoms with Crippen LogP contribution in [0.4, 0.5) is 4.79 Å². The Morgan fingerprint density at radius 3 is 2.35 bits per heavy atom. The summed E-state index contributed by atoms with van der Waals surface area (Å²) >= 11 is 0. The van der Waals surface area contributed by atoms with Crippen LogP contribution in [0.15, 0.2) is 59.4 Å². The first-order valence-corrected chi connectivity index (χ1v) is 11.8. The van der Waals surface area contributed by atoms with Gasteiger partial charge in [0, 0.05) is 43.8 Å². The van der Waals surface area contributed by atoms with E-state index in [1.165, 1.54) is 0 Å². The Hall–Kier alpha value is -3.32. The van der Waals surface area contributed by atoms with Crippen molar-refractivity contribution >= 4 is 16.9 Å². The number of amides is 1. The van der Waals surface area contributed by atoms with Crippen LogP contribution in [0, 0.1) is 0 Å². The lowest BCUT2D eigenvalue weighted by molar-refractivity contribution is 0.0137. The topological polar surface area (TPSA) is 64.0 Å². The molecule has 0 radical (unpaired) electrons. The van der Waals surface area contributed by atoms with Crippen LogP contribution in [-0.2, 0) is 11.3 Å². The van der Waals surface area contributed by atoms with E-state index < -0.39 is 5.60 Å². The standard InChI is InChI=1S/C27H33N3O4/c1-5-33-24-13-9-8-12-23(24)30-21(18-20-10-6-7-11-22(20)25(30)31)19-28-14-16-29(17-15-28)26(32)34-27(2,3)4/h6-13,18H,5,14-17,19H2,1-4H3. The summed E-state index contributed by atoms with van der Waals surface area (Å²) in [5.74, 6) is 0.679. The number of carbonyl (C=O) groups excluding carboxylic acids is 1. The lowest BCUT2D eigenvalue weighted by atomic mass is 10.1. The summed E-state index contributed by atoms with van der Waals surface area (Å²) in [7, 11) is 0. The van der Waals surface area contributed by atoms with Gasteiger partial charge in [0.25, 0.3) is 5.56 Å². The van der Waals surface area contributed by atoms with Crippen LogP contribution in [0.25, 0.3) is 16.5 Å². The van der Waals surface area contributed by atoms with Crippen molar-refractivity contribution in [3.05, 3.63) is 70.6 Å². The van der Waals surface area contributed by atoms with E-state index in [1.54, 1.807) is 9.47 Å². The van der Waals surface area contributed by atoms with Gasteiger partial charge >= 0.3 is 6.09 Å². The highest BCUT2D eigenvalue weighted by atomic mass is 16.6. The van der Waals surface area contributed by atoms with Gasteiger partial charge in [-0.05, 0) is 57.3 Å². The highest BCUT2D eigenvalue weighted by Crippen LogP contribution is 2.25. The van der Waals surface area contributed by atoms with Crippen LogP contribution in [0.2, 0.25) is 0 Å². The third-order valence-corrected chi connectivity index (χ3v) is 5.82. The Morgan fingerprint density at radius 2 is 1.65 bits per heavy atom. The summed E-state index contributed by atoms with van der Waals surface area (Å²) in [6.07, 6.45) is -0.277. The molecule has 34 heavy (non-hydrogen) atoms. The highest BCUT2D eigenvalue weighted by molar-refractivity contribution is 5.82. The van der Waals surface area contributed by atoms with Crippen LogP contribution < -0.4 is 10.3 Å². The SMILES string of the molecule is CCOc1ccccc1-n1c(CN2CCN(C(=O)OC(C)(C)C)CC2)cc2ccccc2c1=O. The number of ether oxygens (including phenoxy) is 2. The lowest BCUT2D eigenvalue weighted by Crippen LogP contribution is -2.49. The Morgan fingerprint density at radius 1 is 0.971 bits per heavy atom. The van der Waals surface area contributed by atoms with Crippen LogP contribution in [0.1, 0.15) is 33.4 Å². The molecule has 0 aliphatic carbocycles. The van der Waals surface area contributed by atoms with Gasteiger partial charge in [0.05, 0.1) is 12.3 Å². The van der Waals surface area contributed by atoms with E-state index >= 15 is 0 Å². The summed E-state index contributed by atoms with van der Waals surface area (Å²) in [5, 5.41) is 1.59. The molecule has 0 unspecified atom stereocenters. The van der Waals surface area contributed by atoms with Gasteiger partial charge in [-0.1, -0.05) is 30.3 Å². The van der Waals surface area contributed by atoms with Gasteiger partial charge in [-0.2, -0.15) is 0 Å². The van der Waals surface area contributed by atoms with Gasteiger partial charge in [-0.25, -0.2) is 4.79 Å². The number of hydrogen-bond donors (Lipinski definition) is 0. The first kappa shape index (κ1) is 23.8. The van der Waals surface area contributed by atoms with Gasteiger partial charge in [-0.15, -0.1) is 0 Å². The number of benzene rings is 2. The molecule has 1 aromatic heterocycles. The number of carbonyl (C=O) groups is 1. The molecule has 0 bridgehead atoms. The number of hydrogen-bond acceptors (Lipinski definition) is 5. The molecule has 1 saturated heterocycles. The monoisotopic (exact) mass is 463 g/mol. The number of nitrogens with zero attached hydrogens (tertiary/aromatic N) is 3. The number of pyridine rings is 1. The molecule has 180 valence electrons. The normalized spacial score (nSPS) is 14.9. The van der Waals surface area contributed by atoms with Crippen molar-refractivity contribution in [2.24, 2.45) is 0 Å². The number of fused-ring (bicyclic) bond motifs is 1. The second kappa shape index (κ2) is 9.89. The summed E-state index contributed by atoms with van der Waals surface area (Å²) < 4.78 is 13.1. The largest absolute Gasteiger partial charge is 0.492 e. The minimum Gasteiger partial charge on any atom is -0.492 e. The first-order valence-electron chi connectivity index (χ1n) is 11.8. The van der Waals surface area contributed by atoms with Crippen LogP contribution >= 0.6 is 0 Å². The fourth-order valence-electron chi connectivity index (χ4n) is 4.26. The van der Waals surface area contributed by atoms with Crippen molar-refractivity contribution in [2.45, 2.75) is 39.8 Å². The van der Waals surface area contributed by atoms with Crippen molar-refractivity contribution in [3.8, 4) is 11.4 Å². The Balaban J connectivity index is 1.64. The molecule has 1 aliphatic heterocycles. The molecule has 2 heterocycles. The third kappa shape index (κ3) is 5.25. The van der Waals surface area contributed by atoms with Crippen LogP contribution in [0.5, 0.6) is 5.75 Å². The van der Waals surface area contributed by atoms with E-state index in [4.69, 9.17) is 9.47 Å². The zero-order chi connectivity index (χ0) is 24.3. The molecule has 0 saturated carbocycles. The summed E-state index contributed by atoms with van der Waals surface area (Å²) in [6, 6.07) is 17.4. The van der Waals surface area contributed by atoms with Crippen molar-refractivity contribution in [3.63, 3.8) is 0 Å². The van der Waals surface area contributed by atoms with E-state index in [0.29, 0.717) is 50.5 Å². The van der Waals surface area contributed by atoms with Crippen molar-refractivity contribution < 1.29 is 14.3 Å². The van der Waals surface area contributed by atoms with Gasteiger partial charge in [-0.3, -0.25) is 14.3 Å². The quantitative estimate of drug-likeness (QED) is 0.560. The maximum absolute atomic E-state index is 13.6. The minimum absolute atomic E-state index is 0.0624. The predicted molar refractivity (Wildman–Crippen MR) is 134 cm³/mol. The van der Waals surface area contributed by atoms with E-state index in [2.05, 4.69) is 11.0 Å². The average molecular weight is 464 g/mol. The Kier molecular flexibility index (Phi) is 6.93. The second-order valence-electron chi connectivity index (χ2n) is 9.51. The molecule has 0 N–H and O–H groups in total. The fourth-order valence-corrected chi connectivity index (χ4v) is 4.26. The molecule has 2 aromatic carbocycles. The molecule has 1 amide bonds. The summed E-state index contributed by atoms with van der Waals surface area (Å²) in [5.41, 5.74) is 1.06. The lowest BCUT2D eigenvalue weighted by Gasteiger charge is -2.36. The third-order valence-electron chi connectivity index (χ3n) is 5.82. The number of para-hydroxylation sites is 2. The van der Waals surface area contributed by atoms with E-state index in [9.17, 15) is 9.59 Å². The molecule has 0 atom stereocenters.